The van der Waals surface area contributed by atoms with Crippen LogP contribution in [0.1, 0.15) is 18.9 Å². The minimum absolute atomic E-state index is 0.0461. The molecule has 98 valence electrons. The van der Waals surface area contributed by atoms with Gasteiger partial charge in [0.2, 0.25) is 12.7 Å². The van der Waals surface area contributed by atoms with Gasteiger partial charge < -0.3 is 20.1 Å². The van der Waals surface area contributed by atoms with E-state index in [0.717, 1.165) is 17.1 Å². The highest BCUT2D eigenvalue weighted by Gasteiger charge is 2.18. The molecule has 1 aliphatic rings. The summed E-state index contributed by atoms with van der Waals surface area (Å²) >= 11 is 0. The van der Waals surface area contributed by atoms with Crippen molar-refractivity contribution in [2.75, 3.05) is 13.8 Å². The minimum Gasteiger partial charge on any atom is -0.454 e. The lowest BCUT2D eigenvalue weighted by Crippen LogP contribution is -2.40. The summed E-state index contributed by atoms with van der Waals surface area (Å²) in [6, 6.07) is 5.25. The number of fused-ring (bicyclic) bond motifs is 1. The monoisotopic (exact) mass is 250 g/mol. The van der Waals surface area contributed by atoms with Crippen molar-refractivity contribution >= 4 is 5.91 Å². The molecular formula is C13H18N2O3. The molecule has 1 amide bonds. The Balaban J connectivity index is 2.03. The molecule has 0 aromatic heterocycles. The van der Waals surface area contributed by atoms with Crippen LogP contribution < -0.4 is 15.2 Å². The van der Waals surface area contributed by atoms with Crippen molar-refractivity contribution in [2.24, 2.45) is 5.73 Å². The number of nitrogens with zero attached hydrogens (tertiary/aromatic N) is 1. The van der Waals surface area contributed by atoms with E-state index in [0.29, 0.717) is 13.0 Å². The van der Waals surface area contributed by atoms with Crippen LogP contribution in [0.25, 0.3) is 0 Å². The summed E-state index contributed by atoms with van der Waals surface area (Å²) in [7, 11) is 1.75. The van der Waals surface area contributed by atoms with Crippen LogP contribution in [0.2, 0.25) is 0 Å². The summed E-state index contributed by atoms with van der Waals surface area (Å²) in [5.41, 5.74) is 6.72. The van der Waals surface area contributed by atoms with Crippen LogP contribution in [0, 0.1) is 0 Å². The second-order valence-corrected chi connectivity index (χ2v) is 4.40. The average Bonchev–Trinajstić information content (AvgIpc) is 2.84. The standard InChI is InChI=1S/C13H18N2O3/c1-3-10(14)13(16)15(2)7-9-4-5-11-12(6-9)18-8-17-11/h4-6,10H,3,7-8,14H2,1-2H3. The first-order valence-electron chi connectivity index (χ1n) is 6.01. The minimum atomic E-state index is -0.427. The van der Waals surface area contributed by atoms with E-state index in [-0.39, 0.29) is 12.7 Å². The predicted molar refractivity (Wildman–Crippen MR) is 67.3 cm³/mol. The van der Waals surface area contributed by atoms with E-state index in [9.17, 15) is 4.79 Å². The topological polar surface area (TPSA) is 64.8 Å². The zero-order valence-corrected chi connectivity index (χ0v) is 10.7. The Morgan fingerprint density at radius 3 is 2.89 bits per heavy atom. The summed E-state index contributed by atoms with van der Waals surface area (Å²) in [6.07, 6.45) is 0.643. The van der Waals surface area contributed by atoms with Crippen LogP contribution in [0.5, 0.6) is 11.5 Å². The van der Waals surface area contributed by atoms with Crippen molar-refractivity contribution in [3.63, 3.8) is 0 Å². The molecule has 1 aliphatic heterocycles. The Morgan fingerprint density at radius 1 is 1.44 bits per heavy atom. The number of carbonyl (C=O) groups excluding carboxylic acids is 1. The molecule has 2 rings (SSSR count). The zero-order valence-electron chi connectivity index (χ0n) is 10.7. The fraction of sp³-hybridized carbons (Fsp3) is 0.462. The lowest BCUT2D eigenvalue weighted by Gasteiger charge is -2.20. The molecule has 0 saturated heterocycles. The molecule has 2 N–H and O–H groups in total. The summed E-state index contributed by atoms with van der Waals surface area (Å²) < 4.78 is 10.5. The molecule has 0 bridgehead atoms. The molecule has 1 aromatic rings. The molecule has 0 saturated carbocycles. The maximum Gasteiger partial charge on any atom is 0.239 e. The van der Waals surface area contributed by atoms with Crippen molar-refractivity contribution in [1.29, 1.82) is 0 Å². The van der Waals surface area contributed by atoms with Crippen molar-refractivity contribution in [3.05, 3.63) is 23.8 Å². The number of hydrogen-bond donors (Lipinski definition) is 1. The quantitative estimate of drug-likeness (QED) is 0.869. The summed E-state index contributed by atoms with van der Waals surface area (Å²) in [5, 5.41) is 0. The van der Waals surface area contributed by atoms with Crippen LogP contribution >= 0.6 is 0 Å². The van der Waals surface area contributed by atoms with Crippen LogP contribution in [-0.2, 0) is 11.3 Å². The van der Waals surface area contributed by atoms with Crippen LogP contribution in [-0.4, -0.2) is 30.7 Å². The lowest BCUT2D eigenvalue weighted by atomic mass is 10.1. The molecular weight excluding hydrogens is 232 g/mol. The Labute approximate surface area is 106 Å². The normalized spacial score (nSPS) is 14.4. The van der Waals surface area contributed by atoms with Gasteiger partial charge in [0.05, 0.1) is 6.04 Å². The van der Waals surface area contributed by atoms with E-state index in [1.807, 2.05) is 25.1 Å². The molecule has 1 atom stereocenters. The van der Waals surface area contributed by atoms with Gasteiger partial charge in [-0.1, -0.05) is 13.0 Å². The van der Waals surface area contributed by atoms with Crippen molar-refractivity contribution in [3.8, 4) is 11.5 Å². The van der Waals surface area contributed by atoms with Gasteiger partial charge in [-0.3, -0.25) is 4.79 Å². The van der Waals surface area contributed by atoms with Crippen molar-refractivity contribution in [2.45, 2.75) is 25.9 Å². The van der Waals surface area contributed by atoms with Crippen LogP contribution in [0.15, 0.2) is 18.2 Å². The van der Waals surface area contributed by atoms with E-state index in [4.69, 9.17) is 15.2 Å². The van der Waals surface area contributed by atoms with E-state index < -0.39 is 6.04 Å². The van der Waals surface area contributed by atoms with Gasteiger partial charge in [-0.15, -0.1) is 0 Å². The van der Waals surface area contributed by atoms with Gasteiger partial charge >= 0.3 is 0 Å². The highest BCUT2D eigenvalue weighted by atomic mass is 16.7. The molecule has 18 heavy (non-hydrogen) atoms. The van der Waals surface area contributed by atoms with E-state index in [2.05, 4.69) is 0 Å². The highest BCUT2D eigenvalue weighted by Crippen LogP contribution is 2.32. The van der Waals surface area contributed by atoms with Crippen LogP contribution in [0.3, 0.4) is 0 Å². The van der Waals surface area contributed by atoms with E-state index in [1.165, 1.54) is 0 Å². The molecule has 1 unspecified atom stereocenters. The van der Waals surface area contributed by atoms with Gasteiger partial charge in [-0.25, -0.2) is 0 Å². The van der Waals surface area contributed by atoms with Gasteiger partial charge in [0.25, 0.3) is 0 Å². The SMILES string of the molecule is CCC(N)C(=O)N(C)Cc1ccc2c(c1)OCO2. The third-order valence-electron chi connectivity index (χ3n) is 2.99. The maximum absolute atomic E-state index is 11.9. The number of carbonyl (C=O) groups is 1. The zero-order chi connectivity index (χ0) is 13.1. The summed E-state index contributed by atoms with van der Waals surface area (Å²) in [5.74, 6) is 1.43. The van der Waals surface area contributed by atoms with E-state index in [1.54, 1.807) is 11.9 Å². The van der Waals surface area contributed by atoms with Gasteiger partial charge in [0, 0.05) is 13.6 Å². The first-order valence-corrected chi connectivity index (χ1v) is 6.01. The smallest absolute Gasteiger partial charge is 0.239 e. The Bertz CT molecular complexity index is 448. The van der Waals surface area contributed by atoms with Gasteiger partial charge in [0.15, 0.2) is 11.5 Å². The molecule has 0 radical (unpaired) electrons. The number of ether oxygens (including phenoxy) is 2. The summed E-state index contributed by atoms with van der Waals surface area (Å²) in [6.45, 7) is 2.68. The van der Waals surface area contributed by atoms with Crippen molar-refractivity contribution in [1.82, 2.24) is 4.90 Å². The third-order valence-corrected chi connectivity index (χ3v) is 2.99. The van der Waals surface area contributed by atoms with Crippen LogP contribution in [0.4, 0.5) is 0 Å². The Hall–Kier alpha value is -1.75. The van der Waals surface area contributed by atoms with E-state index >= 15 is 0 Å². The van der Waals surface area contributed by atoms with Gasteiger partial charge in [0.1, 0.15) is 0 Å². The molecule has 0 fully saturated rings. The maximum atomic E-state index is 11.9. The third kappa shape index (κ3) is 2.56. The molecule has 0 aliphatic carbocycles. The fourth-order valence-electron chi connectivity index (χ4n) is 1.85. The summed E-state index contributed by atoms with van der Waals surface area (Å²) in [4.78, 5) is 13.5. The molecule has 1 heterocycles. The average molecular weight is 250 g/mol. The van der Waals surface area contributed by atoms with Gasteiger partial charge in [-0.2, -0.15) is 0 Å². The molecule has 1 aromatic carbocycles. The predicted octanol–water partition coefficient (Wildman–Crippen LogP) is 1.11. The number of rotatable bonds is 4. The highest BCUT2D eigenvalue weighted by molar-refractivity contribution is 5.81. The Morgan fingerprint density at radius 2 is 2.17 bits per heavy atom. The first-order chi connectivity index (χ1) is 8.61. The largest absolute Gasteiger partial charge is 0.454 e. The first kappa shape index (κ1) is 12.7. The number of hydrogen-bond acceptors (Lipinski definition) is 4. The fourth-order valence-corrected chi connectivity index (χ4v) is 1.85. The number of benzene rings is 1. The number of likely N-dealkylation sites (N-methyl/N-ethyl adjacent to an activating group) is 1. The van der Waals surface area contributed by atoms with Crippen molar-refractivity contribution < 1.29 is 14.3 Å². The number of amides is 1. The number of nitrogens with two attached hydrogens (primary N) is 1. The second kappa shape index (κ2) is 5.27. The lowest BCUT2D eigenvalue weighted by molar-refractivity contribution is -0.131. The molecule has 0 spiro atoms. The second-order valence-electron chi connectivity index (χ2n) is 4.40. The van der Waals surface area contributed by atoms with Gasteiger partial charge in [-0.05, 0) is 24.1 Å². The molecule has 5 nitrogen and oxygen atoms in total. The Kier molecular flexibility index (Phi) is 3.72. The molecule has 5 heteroatoms.